The molecule has 3 unspecified atom stereocenters. The zero-order valence-electron chi connectivity index (χ0n) is 14.8. The van der Waals surface area contributed by atoms with Crippen LogP contribution in [0.3, 0.4) is 0 Å². The maximum Gasteiger partial charge on any atom is 0.191 e. The third-order valence-electron chi connectivity index (χ3n) is 4.52. The zero-order valence-corrected chi connectivity index (χ0v) is 15.6. The van der Waals surface area contributed by atoms with Crippen molar-refractivity contribution >= 4 is 17.3 Å². The fourth-order valence-corrected chi connectivity index (χ4v) is 3.71. The predicted octanol–water partition coefficient (Wildman–Crippen LogP) is 3.35. The van der Waals surface area contributed by atoms with E-state index in [0.717, 1.165) is 5.56 Å². The molecule has 1 heterocycles. The van der Waals surface area contributed by atoms with Crippen molar-refractivity contribution in [2.45, 2.75) is 37.8 Å². The molecule has 0 radical (unpaired) electrons. The van der Waals surface area contributed by atoms with Gasteiger partial charge in [-0.3, -0.25) is 0 Å². The van der Waals surface area contributed by atoms with E-state index in [9.17, 15) is 13.9 Å². The smallest absolute Gasteiger partial charge is 0.191 e. The van der Waals surface area contributed by atoms with Gasteiger partial charge in [-0.1, -0.05) is 6.07 Å². The molecule has 1 aliphatic rings. The van der Waals surface area contributed by atoms with E-state index in [1.54, 1.807) is 6.92 Å². The Kier molecular flexibility index (Phi) is 5.58. The maximum absolute atomic E-state index is 13.9. The third-order valence-corrected chi connectivity index (χ3v) is 5.20. The highest BCUT2D eigenvalue weighted by Crippen LogP contribution is 2.43. The molecule has 0 aliphatic heterocycles. The van der Waals surface area contributed by atoms with Gasteiger partial charge < -0.3 is 15.7 Å². The van der Waals surface area contributed by atoms with E-state index < -0.39 is 17.2 Å². The Morgan fingerprint density at radius 1 is 1.35 bits per heavy atom. The Morgan fingerprint density at radius 3 is 2.69 bits per heavy atom. The average molecular weight is 379 g/mol. The molecule has 1 saturated carbocycles. The van der Waals surface area contributed by atoms with Crippen molar-refractivity contribution in [3.05, 3.63) is 57.8 Å². The number of hydrogen-bond donors (Lipinski definition) is 3. The summed E-state index contributed by atoms with van der Waals surface area (Å²) in [5, 5.41) is 20.7. The van der Waals surface area contributed by atoms with Gasteiger partial charge in [0, 0.05) is 24.1 Å². The van der Waals surface area contributed by atoms with Crippen molar-refractivity contribution in [1.82, 2.24) is 10.6 Å². The van der Waals surface area contributed by atoms with Crippen LogP contribution in [-0.2, 0) is 5.60 Å². The Bertz CT molecular complexity index is 757. The first-order chi connectivity index (χ1) is 12.4. The molecule has 26 heavy (non-hydrogen) atoms. The molecule has 3 rings (SSSR count). The van der Waals surface area contributed by atoms with E-state index >= 15 is 0 Å². The number of benzene rings is 1. The lowest BCUT2D eigenvalue weighted by atomic mass is 10.00. The van der Waals surface area contributed by atoms with E-state index in [2.05, 4.69) is 15.6 Å². The molecule has 0 saturated heterocycles. The standard InChI is InChI=1S/C19H23F2N3OS/c1-3-22-18(23-11-19(2,25)12-7-8-26-10-12)24-16-9-13(16)17-14(20)5-4-6-15(17)21/h4-8,10,13,16,25H,3,9,11H2,1-2H3,(H2,22,23,24). The van der Waals surface area contributed by atoms with Crippen LogP contribution in [0.15, 0.2) is 40.0 Å². The summed E-state index contributed by atoms with van der Waals surface area (Å²) in [5.41, 5.74) is -0.117. The summed E-state index contributed by atoms with van der Waals surface area (Å²) in [5.74, 6) is -0.701. The van der Waals surface area contributed by atoms with Crippen molar-refractivity contribution in [2.24, 2.45) is 4.99 Å². The van der Waals surface area contributed by atoms with E-state index in [1.807, 2.05) is 23.8 Å². The van der Waals surface area contributed by atoms with Crippen LogP contribution in [0, 0.1) is 11.6 Å². The molecule has 1 aliphatic carbocycles. The first-order valence-corrected chi connectivity index (χ1v) is 9.60. The van der Waals surface area contributed by atoms with Crippen LogP contribution in [0.4, 0.5) is 8.78 Å². The molecule has 1 fully saturated rings. The summed E-state index contributed by atoms with van der Waals surface area (Å²) in [4.78, 5) is 4.46. The number of halogens is 2. The van der Waals surface area contributed by atoms with Gasteiger partial charge in [0.25, 0.3) is 0 Å². The molecule has 0 amide bonds. The summed E-state index contributed by atoms with van der Waals surface area (Å²) in [6.07, 6.45) is 0.642. The Hall–Kier alpha value is -1.99. The minimum Gasteiger partial charge on any atom is -0.383 e. The van der Waals surface area contributed by atoms with Gasteiger partial charge in [0.2, 0.25) is 0 Å². The first-order valence-electron chi connectivity index (χ1n) is 8.66. The van der Waals surface area contributed by atoms with Gasteiger partial charge in [-0.25, -0.2) is 13.8 Å². The van der Waals surface area contributed by atoms with Gasteiger partial charge in [-0.2, -0.15) is 11.3 Å². The Labute approximate surface area is 156 Å². The van der Waals surface area contributed by atoms with Crippen LogP contribution in [0.1, 0.15) is 37.3 Å². The molecular weight excluding hydrogens is 356 g/mol. The minimum absolute atomic E-state index is 0.0784. The van der Waals surface area contributed by atoms with Gasteiger partial charge in [0.15, 0.2) is 5.96 Å². The van der Waals surface area contributed by atoms with E-state index in [0.29, 0.717) is 18.9 Å². The quantitative estimate of drug-likeness (QED) is 0.533. The SMILES string of the molecule is CCNC(=NCC(C)(O)c1ccsc1)NC1CC1c1c(F)cccc1F. The molecule has 7 heteroatoms. The van der Waals surface area contributed by atoms with Gasteiger partial charge in [-0.15, -0.1) is 0 Å². The molecule has 2 aromatic rings. The topological polar surface area (TPSA) is 56.7 Å². The lowest BCUT2D eigenvalue weighted by Gasteiger charge is -2.21. The highest BCUT2D eigenvalue weighted by molar-refractivity contribution is 7.08. The minimum atomic E-state index is -1.07. The summed E-state index contributed by atoms with van der Waals surface area (Å²) >= 11 is 1.52. The summed E-state index contributed by atoms with van der Waals surface area (Å²) < 4.78 is 27.8. The number of hydrogen-bond acceptors (Lipinski definition) is 3. The number of guanidine groups is 1. The fraction of sp³-hybridized carbons (Fsp3) is 0.421. The largest absolute Gasteiger partial charge is 0.383 e. The fourth-order valence-electron chi connectivity index (χ4n) is 2.93. The lowest BCUT2D eigenvalue weighted by Crippen LogP contribution is -2.40. The molecule has 0 spiro atoms. The molecule has 3 atom stereocenters. The lowest BCUT2D eigenvalue weighted by molar-refractivity contribution is 0.0677. The second kappa shape index (κ2) is 7.72. The molecule has 0 bridgehead atoms. The van der Waals surface area contributed by atoms with Crippen molar-refractivity contribution in [1.29, 1.82) is 0 Å². The second-order valence-corrected chi connectivity index (χ2v) is 7.49. The van der Waals surface area contributed by atoms with Crippen LogP contribution in [0.25, 0.3) is 0 Å². The highest BCUT2D eigenvalue weighted by atomic mass is 32.1. The molecule has 140 valence electrons. The highest BCUT2D eigenvalue weighted by Gasteiger charge is 2.42. The van der Waals surface area contributed by atoms with Crippen molar-refractivity contribution < 1.29 is 13.9 Å². The molecule has 1 aromatic carbocycles. The van der Waals surface area contributed by atoms with Crippen LogP contribution in [0.2, 0.25) is 0 Å². The van der Waals surface area contributed by atoms with Gasteiger partial charge in [-0.05, 0) is 54.8 Å². The number of aliphatic hydroxyl groups is 1. The summed E-state index contributed by atoms with van der Waals surface area (Å²) in [7, 11) is 0. The zero-order chi connectivity index (χ0) is 18.7. The van der Waals surface area contributed by atoms with E-state index in [4.69, 9.17) is 0 Å². The van der Waals surface area contributed by atoms with Gasteiger partial charge in [0.05, 0.1) is 6.54 Å². The predicted molar refractivity (Wildman–Crippen MR) is 101 cm³/mol. The van der Waals surface area contributed by atoms with Crippen LogP contribution in [0.5, 0.6) is 0 Å². The van der Waals surface area contributed by atoms with Crippen molar-refractivity contribution in [3.8, 4) is 0 Å². The van der Waals surface area contributed by atoms with Gasteiger partial charge >= 0.3 is 0 Å². The van der Waals surface area contributed by atoms with E-state index in [1.165, 1.54) is 29.5 Å². The molecule has 4 nitrogen and oxygen atoms in total. The number of aliphatic imine (C=N–C) groups is 1. The normalized spacial score (nSPS) is 22.0. The van der Waals surface area contributed by atoms with Crippen LogP contribution in [-0.4, -0.2) is 30.2 Å². The second-order valence-electron chi connectivity index (χ2n) is 6.71. The Morgan fingerprint density at radius 2 is 2.08 bits per heavy atom. The van der Waals surface area contributed by atoms with Gasteiger partial charge in [0.1, 0.15) is 17.2 Å². The number of thiophene rings is 1. The molecule has 3 N–H and O–H groups in total. The summed E-state index contributed by atoms with van der Waals surface area (Å²) in [6, 6.07) is 5.73. The van der Waals surface area contributed by atoms with Crippen LogP contribution < -0.4 is 10.6 Å². The monoisotopic (exact) mass is 379 g/mol. The van der Waals surface area contributed by atoms with Crippen molar-refractivity contribution in [2.75, 3.05) is 13.1 Å². The maximum atomic E-state index is 13.9. The van der Waals surface area contributed by atoms with Crippen molar-refractivity contribution in [3.63, 3.8) is 0 Å². The number of rotatable bonds is 6. The number of nitrogens with one attached hydrogen (secondary N) is 2. The first kappa shape index (κ1) is 18.8. The molecular formula is C19H23F2N3OS. The number of nitrogens with zero attached hydrogens (tertiary/aromatic N) is 1. The van der Waals surface area contributed by atoms with E-state index in [-0.39, 0.29) is 24.1 Å². The van der Waals surface area contributed by atoms with Crippen LogP contribution >= 0.6 is 11.3 Å². The Balaban J connectivity index is 1.66. The third kappa shape index (κ3) is 4.22. The summed E-state index contributed by atoms with van der Waals surface area (Å²) in [6.45, 7) is 4.49. The average Bonchev–Trinajstić information content (AvgIpc) is 3.10. The molecule has 1 aromatic heterocycles.